The van der Waals surface area contributed by atoms with Crippen LogP contribution < -0.4 is 21.5 Å². The molecule has 0 fully saturated rings. The Balaban J connectivity index is 1.25. The average Bonchev–Trinajstić information content (AvgIpc) is 3.32. The molecule has 214 valence electrons. The van der Waals surface area contributed by atoms with E-state index in [1.807, 2.05) is 78.9 Å². The summed E-state index contributed by atoms with van der Waals surface area (Å²) in [7, 11) is 0. The lowest BCUT2D eigenvalue weighted by molar-refractivity contribution is -0.145. The Morgan fingerprint density at radius 3 is 2.15 bits per heavy atom. The zero-order valence-corrected chi connectivity index (χ0v) is 22.8. The number of carbonyl (C=O) groups excluding carboxylic acids is 4. The van der Waals surface area contributed by atoms with E-state index in [-0.39, 0.29) is 32.1 Å². The molecule has 41 heavy (non-hydrogen) atoms. The summed E-state index contributed by atoms with van der Waals surface area (Å²) in [4.78, 5) is 48.8. The molecule has 0 saturated heterocycles. The van der Waals surface area contributed by atoms with Crippen LogP contribution in [0.3, 0.4) is 0 Å². The van der Waals surface area contributed by atoms with Crippen LogP contribution in [0.1, 0.15) is 36.0 Å². The number of benzene rings is 3. The molecule has 10 heteroatoms. The fourth-order valence-electron chi connectivity index (χ4n) is 4.81. The van der Waals surface area contributed by atoms with E-state index in [1.165, 1.54) is 0 Å². The van der Waals surface area contributed by atoms with Gasteiger partial charge in [0.25, 0.3) is 0 Å². The maximum Gasteiger partial charge on any atom is 0.407 e. The summed E-state index contributed by atoms with van der Waals surface area (Å²) in [5.74, 6) is -0.755. The quantitative estimate of drug-likeness (QED) is 0.143. The second-order valence-electron chi connectivity index (χ2n) is 9.52. The van der Waals surface area contributed by atoms with E-state index in [4.69, 9.17) is 9.47 Å². The van der Waals surface area contributed by atoms with Crippen LogP contribution in [0.25, 0.3) is 11.1 Å². The molecule has 0 unspecified atom stereocenters. The number of hydrogen-bond acceptors (Lipinski definition) is 7. The zero-order valence-electron chi connectivity index (χ0n) is 22.8. The van der Waals surface area contributed by atoms with Crippen LogP contribution in [0, 0.1) is 0 Å². The lowest BCUT2D eigenvalue weighted by Crippen LogP contribution is -2.51. The third-order valence-corrected chi connectivity index (χ3v) is 6.76. The molecular formula is C31H34N4O6. The van der Waals surface area contributed by atoms with Crippen LogP contribution in [-0.2, 0) is 25.5 Å². The summed E-state index contributed by atoms with van der Waals surface area (Å²) < 4.78 is 10.6. The fourth-order valence-corrected chi connectivity index (χ4v) is 4.81. The van der Waals surface area contributed by atoms with E-state index in [0.717, 1.165) is 27.8 Å². The van der Waals surface area contributed by atoms with Crippen molar-refractivity contribution >= 4 is 24.4 Å². The molecular weight excluding hydrogens is 524 g/mol. The second kappa shape index (κ2) is 14.6. The maximum atomic E-state index is 12.7. The van der Waals surface area contributed by atoms with E-state index in [0.29, 0.717) is 12.7 Å². The van der Waals surface area contributed by atoms with E-state index in [9.17, 15) is 19.2 Å². The molecule has 0 saturated carbocycles. The molecule has 0 aromatic heterocycles. The summed E-state index contributed by atoms with van der Waals surface area (Å²) in [6.07, 6.45) is 0.422. The van der Waals surface area contributed by atoms with Gasteiger partial charge in [0, 0.05) is 12.5 Å². The third kappa shape index (κ3) is 7.92. The number of rotatable bonds is 13. The van der Waals surface area contributed by atoms with Crippen molar-refractivity contribution in [2.75, 3.05) is 19.8 Å². The minimum atomic E-state index is -1.03. The van der Waals surface area contributed by atoms with Crippen molar-refractivity contribution in [3.05, 3.63) is 95.6 Å². The maximum absolute atomic E-state index is 12.7. The Kier molecular flexibility index (Phi) is 10.4. The Labute approximate surface area is 238 Å². The number of esters is 1. The first-order valence-corrected chi connectivity index (χ1v) is 13.6. The smallest absolute Gasteiger partial charge is 0.407 e. The van der Waals surface area contributed by atoms with Crippen molar-refractivity contribution in [3.63, 3.8) is 0 Å². The van der Waals surface area contributed by atoms with Crippen molar-refractivity contribution in [1.82, 2.24) is 21.5 Å². The van der Waals surface area contributed by atoms with Crippen LogP contribution in [0.5, 0.6) is 0 Å². The van der Waals surface area contributed by atoms with Gasteiger partial charge in [-0.2, -0.15) is 0 Å². The standard InChI is InChI=1S/C31H34N4O6/c1-2-40-29(37)28(16-17-32-30(38)35-34-22(19-36)18-21-10-4-3-5-11-21)33-31(39)41-20-27-25-14-8-6-12-23(25)24-13-7-9-15-26(24)27/h3-15,19,22,27-28,34H,2,16-18,20H2,1H3,(H,33,39)(H2,32,35,38)/t22-,28-/m0/s1. The SMILES string of the molecule is CCOC(=O)[C@H](CCNC(=O)NN[C@H](C=O)Cc1ccccc1)NC(=O)OCC1c2ccccc2-c2ccccc21. The zero-order chi connectivity index (χ0) is 29.0. The highest BCUT2D eigenvalue weighted by molar-refractivity contribution is 5.82. The highest BCUT2D eigenvalue weighted by atomic mass is 16.6. The van der Waals surface area contributed by atoms with E-state index >= 15 is 0 Å². The monoisotopic (exact) mass is 558 g/mol. The van der Waals surface area contributed by atoms with Gasteiger partial charge >= 0.3 is 18.1 Å². The van der Waals surface area contributed by atoms with Crippen LogP contribution in [0.2, 0.25) is 0 Å². The molecule has 3 amide bonds. The van der Waals surface area contributed by atoms with Crippen LogP contribution >= 0.6 is 0 Å². The predicted molar refractivity (Wildman–Crippen MR) is 153 cm³/mol. The van der Waals surface area contributed by atoms with Gasteiger partial charge in [-0.3, -0.25) is 5.43 Å². The highest BCUT2D eigenvalue weighted by Gasteiger charge is 2.30. The molecule has 2 atom stereocenters. The van der Waals surface area contributed by atoms with Gasteiger partial charge in [0.2, 0.25) is 0 Å². The fraction of sp³-hybridized carbons (Fsp3) is 0.290. The predicted octanol–water partition coefficient (Wildman–Crippen LogP) is 3.46. The molecule has 4 rings (SSSR count). The lowest BCUT2D eigenvalue weighted by Gasteiger charge is -2.19. The normalized spacial score (nSPS) is 13.2. The summed E-state index contributed by atoms with van der Waals surface area (Å²) in [5, 5.41) is 5.16. The summed E-state index contributed by atoms with van der Waals surface area (Å²) >= 11 is 0. The molecule has 0 spiro atoms. The minimum Gasteiger partial charge on any atom is -0.464 e. The van der Waals surface area contributed by atoms with Crippen LogP contribution in [-0.4, -0.2) is 56.2 Å². The van der Waals surface area contributed by atoms with Gasteiger partial charge in [-0.25, -0.2) is 19.8 Å². The largest absolute Gasteiger partial charge is 0.464 e. The van der Waals surface area contributed by atoms with E-state index in [2.05, 4.69) is 21.5 Å². The number of carbonyl (C=O) groups is 4. The molecule has 3 aromatic carbocycles. The van der Waals surface area contributed by atoms with Gasteiger partial charge in [0.05, 0.1) is 12.6 Å². The number of nitrogens with one attached hydrogen (secondary N) is 4. The molecule has 3 aromatic rings. The molecule has 4 N–H and O–H groups in total. The number of hydrogen-bond donors (Lipinski definition) is 4. The Morgan fingerprint density at radius 1 is 0.878 bits per heavy atom. The van der Waals surface area contributed by atoms with Crippen LogP contribution in [0.4, 0.5) is 9.59 Å². The highest BCUT2D eigenvalue weighted by Crippen LogP contribution is 2.44. The van der Waals surface area contributed by atoms with Gasteiger partial charge < -0.3 is 24.9 Å². The summed E-state index contributed by atoms with van der Waals surface area (Å²) in [6.45, 7) is 1.94. The Morgan fingerprint density at radius 2 is 1.51 bits per heavy atom. The Bertz CT molecular complexity index is 1300. The number of fused-ring (bicyclic) bond motifs is 3. The first-order valence-electron chi connectivity index (χ1n) is 13.6. The first kappa shape index (κ1) is 29.3. The van der Waals surface area contributed by atoms with Gasteiger partial charge in [-0.05, 0) is 47.6 Å². The molecule has 10 nitrogen and oxygen atoms in total. The molecule has 0 heterocycles. The molecule has 0 radical (unpaired) electrons. The van der Waals surface area contributed by atoms with Crippen LogP contribution in [0.15, 0.2) is 78.9 Å². The topological polar surface area (TPSA) is 135 Å². The molecule has 0 aliphatic heterocycles. The van der Waals surface area contributed by atoms with Crippen molar-refractivity contribution < 1.29 is 28.7 Å². The molecule has 0 bridgehead atoms. The Hall–Kier alpha value is -4.70. The molecule has 1 aliphatic rings. The van der Waals surface area contributed by atoms with Crippen molar-refractivity contribution in [2.24, 2.45) is 0 Å². The number of ether oxygens (including phenoxy) is 2. The molecule has 1 aliphatic carbocycles. The number of urea groups is 1. The summed E-state index contributed by atoms with van der Waals surface area (Å²) in [5.41, 5.74) is 10.4. The average molecular weight is 559 g/mol. The van der Waals surface area contributed by atoms with Gasteiger partial charge in [0.1, 0.15) is 18.9 Å². The van der Waals surface area contributed by atoms with Gasteiger partial charge in [-0.15, -0.1) is 0 Å². The second-order valence-corrected chi connectivity index (χ2v) is 9.52. The van der Waals surface area contributed by atoms with Crippen molar-refractivity contribution in [2.45, 2.75) is 37.8 Å². The lowest BCUT2D eigenvalue weighted by atomic mass is 9.98. The van der Waals surface area contributed by atoms with Crippen molar-refractivity contribution in [1.29, 1.82) is 0 Å². The van der Waals surface area contributed by atoms with E-state index < -0.39 is 30.2 Å². The van der Waals surface area contributed by atoms with Crippen molar-refractivity contribution in [3.8, 4) is 11.1 Å². The number of hydrazine groups is 1. The number of aldehydes is 1. The first-order chi connectivity index (χ1) is 20.0. The number of alkyl carbamates (subject to hydrolysis) is 1. The van der Waals surface area contributed by atoms with Gasteiger partial charge in [-0.1, -0.05) is 78.9 Å². The van der Waals surface area contributed by atoms with E-state index in [1.54, 1.807) is 6.92 Å². The third-order valence-electron chi connectivity index (χ3n) is 6.76. The minimum absolute atomic E-state index is 0.0467. The summed E-state index contributed by atoms with van der Waals surface area (Å²) in [6, 6.07) is 23.2. The van der Waals surface area contributed by atoms with Gasteiger partial charge in [0.15, 0.2) is 0 Å². The number of amides is 3.